The van der Waals surface area contributed by atoms with E-state index >= 15 is 0 Å². The molecule has 1 unspecified atom stereocenters. The molecule has 4 rings (SSSR count). The van der Waals surface area contributed by atoms with Crippen LogP contribution in [0.3, 0.4) is 0 Å². The number of carbonyl (C=O) groups is 1. The van der Waals surface area contributed by atoms with Crippen molar-refractivity contribution in [3.63, 3.8) is 0 Å². The van der Waals surface area contributed by atoms with Crippen LogP contribution in [0, 0.1) is 0 Å². The molecule has 0 spiro atoms. The van der Waals surface area contributed by atoms with E-state index in [4.69, 9.17) is 0 Å². The lowest BCUT2D eigenvalue weighted by Gasteiger charge is -2.09. The van der Waals surface area contributed by atoms with Gasteiger partial charge in [-0.25, -0.2) is 4.98 Å². The van der Waals surface area contributed by atoms with Crippen molar-refractivity contribution in [1.82, 2.24) is 19.7 Å². The highest BCUT2D eigenvalue weighted by molar-refractivity contribution is 8.00. The average molecular weight is 422 g/mol. The highest BCUT2D eigenvalue weighted by Crippen LogP contribution is 2.28. The second-order valence-corrected chi connectivity index (χ2v) is 8.62. The molecule has 2 aromatic heterocycles. The van der Waals surface area contributed by atoms with Gasteiger partial charge in [0.15, 0.2) is 10.3 Å². The maximum absolute atomic E-state index is 12.5. The molecule has 8 heteroatoms. The minimum absolute atomic E-state index is 0.113. The van der Waals surface area contributed by atoms with Crippen molar-refractivity contribution in [3.05, 3.63) is 66.3 Å². The Labute approximate surface area is 177 Å². The predicted octanol–water partition coefficient (Wildman–Crippen LogP) is 4.72. The van der Waals surface area contributed by atoms with Crippen molar-refractivity contribution in [2.24, 2.45) is 7.05 Å². The van der Waals surface area contributed by atoms with Gasteiger partial charge in [0.1, 0.15) is 6.33 Å². The van der Waals surface area contributed by atoms with Gasteiger partial charge < -0.3 is 9.88 Å². The average Bonchev–Trinajstić information content (AvgIpc) is 3.38. The highest BCUT2D eigenvalue weighted by atomic mass is 32.2. The van der Waals surface area contributed by atoms with E-state index < -0.39 is 0 Å². The zero-order chi connectivity index (χ0) is 20.2. The number of aryl methyl sites for hydroxylation is 1. The van der Waals surface area contributed by atoms with Gasteiger partial charge in [0.05, 0.1) is 10.9 Å². The van der Waals surface area contributed by atoms with Gasteiger partial charge in [0, 0.05) is 18.0 Å². The summed E-state index contributed by atoms with van der Waals surface area (Å²) in [6.07, 6.45) is 1.61. The van der Waals surface area contributed by atoms with E-state index in [0.29, 0.717) is 10.3 Å². The first-order chi connectivity index (χ1) is 14.1. The molecule has 1 atom stereocenters. The Hall–Kier alpha value is -2.97. The van der Waals surface area contributed by atoms with Gasteiger partial charge in [-0.2, -0.15) is 0 Å². The molecule has 29 heavy (non-hydrogen) atoms. The number of carbonyl (C=O) groups excluding carboxylic acids is 1. The van der Waals surface area contributed by atoms with E-state index in [9.17, 15) is 4.79 Å². The number of hydrogen-bond acceptors (Lipinski definition) is 6. The molecule has 0 bridgehead atoms. The first-order valence-corrected chi connectivity index (χ1v) is 10.8. The summed E-state index contributed by atoms with van der Waals surface area (Å²) in [7, 11) is 1.85. The fourth-order valence-corrected chi connectivity index (χ4v) is 4.24. The van der Waals surface area contributed by atoms with Crippen LogP contribution < -0.4 is 5.32 Å². The fraction of sp³-hybridized carbons (Fsp3) is 0.143. The third-order valence-electron chi connectivity index (χ3n) is 4.34. The first-order valence-electron chi connectivity index (χ1n) is 9.03. The Kier molecular flexibility index (Phi) is 5.73. The van der Waals surface area contributed by atoms with E-state index in [2.05, 4.69) is 56.9 Å². The lowest BCUT2D eigenvalue weighted by molar-refractivity contribution is -0.115. The topological polar surface area (TPSA) is 72.7 Å². The van der Waals surface area contributed by atoms with Gasteiger partial charge in [-0.1, -0.05) is 66.4 Å². The third kappa shape index (κ3) is 4.55. The number of thioether (sulfide) groups is 1. The number of aromatic nitrogens is 4. The Morgan fingerprint density at radius 1 is 1.07 bits per heavy atom. The van der Waals surface area contributed by atoms with Crippen molar-refractivity contribution >= 4 is 34.1 Å². The number of nitrogens with zero attached hydrogens (tertiary/aromatic N) is 4. The second-order valence-electron chi connectivity index (χ2n) is 6.46. The van der Waals surface area contributed by atoms with E-state index in [1.165, 1.54) is 28.7 Å². The van der Waals surface area contributed by atoms with Crippen LogP contribution in [0.1, 0.15) is 6.92 Å². The van der Waals surface area contributed by atoms with Crippen molar-refractivity contribution in [3.8, 4) is 22.4 Å². The molecule has 0 aliphatic heterocycles. The lowest BCUT2D eigenvalue weighted by Crippen LogP contribution is -2.22. The SMILES string of the molecule is CC(Sc1nncn1C)C(=O)Nc1nc(-c2ccc(-c3ccccc3)cc2)cs1. The van der Waals surface area contributed by atoms with Crippen LogP contribution in [0.5, 0.6) is 0 Å². The van der Waals surface area contributed by atoms with Crippen LogP contribution in [-0.4, -0.2) is 30.9 Å². The number of thiazole rings is 1. The molecule has 1 amide bonds. The molecule has 146 valence electrons. The molecule has 0 radical (unpaired) electrons. The van der Waals surface area contributed by atoms with E-state index in [1.54, 1.807) is 10.9 Å². The fourth-order valence-electron chi connectivity index (χ4n) is 2.73. The van der Waals surface area contributed by atoms with Gasteiger partial charge in [-0.05, 0) is 18.1 Å². The van der Waals surface area contributed by atoms with Gasteiger partial charge in [-0.3, -0.25) is 4.79 Å². The van der Waals surface area contributed by atoms with Gasteiger partial charge >= 0.3 is 0 Å². The standard InChI is InChI=1S/C21H19N5OS2/c1-14(29-21-25-22-13-26(21)2)19(27)24-20-23-18(12-28-20)17-10-8-16(9-11-17)15-6-4-3-5-7-15/h3-14H,1-2H3,(H,23,24,27). The second kappa shape index (κ2) is 8.59. The zero-order valence-corrected chi connectivity index (χ0v) is 17.6. The highest BCUT2D eigenvalue weighted by Gasteiger charge is 2.18. The van der Waals surface area contributed by atoms with Crippen LogP contribution in [0.4, 0.5) is 5.13 Å². The summed E-state index contributed by atoms with van der Waals surface area (Å²) < 4.78 is 1.79. The van der Waals surface area contributed by atoms with Gasteiger partial charge in [0.2, 0.25) is 5.91 Å². The van der Waals surface area contributed by atoms with Gasteiger partial charge in [0.25, 0.3) is 0 Å². The van der Waals surface area contributed by atoms with Crippen LogP contribution in [-0.2, 0) is 11.8 Å². The zero-order valence-electron chi connectivity index (χ0n) is 15.9. The van der Waals surface area contributed by atoms with Crippen LogP contribution in [0.2, 0.25) is 0 Å². The molecule has 4 aromatic rings. The van der Waals surface area contributed by atoms with E-state index in [1.807, 2.05) is 37.6 Å². The normalized spacial score (nSPS) is 11.9. The van der Waals surface area contributed by atoms with E-state index in [0.717, 1.165) is 16.8 Å². The minimum Gasteiger partial charge on any atom is -0.312 e. The number of hydrogen-bond donors (Lipinski definition) is 1. The van der Waals surface area contributed by atoms with Crippen LogP contribution in [0.25, 0.3) is 22.4 Å². The molecular formula is C21H19N5OS2. The summed E-state index contributed by atoms with van der Waals surface area (Å²) in [6, 6.07) is 18.5. The maximum atomic E-state index is 12.5. The summed E-state index contributed by atoms with van der Waals surface area (Å²) in [6.45, 7) is 1.84. The minimum atomic E-state index is -0.310. The molecule has 0 aliphatic rings. The smallest absolute Gasteiger partial charge is 0.239 e. The molecule has 1 N–H and O–H groups in total. The van der Waals surface area contributed by atoms with Crippen molar-refractivity contribution in [2.75, 3.05) is 5.32 Å². The monoisotopic (exact) mass is 421 g/mol. The van der Waals surface area contributed by atoms with Crippen molar-refractivity contribution in [2.45, 2.75) is 17.3 Å². The Balaban J connectivity index is 1.41. The van der Waals surface area contributed by atoms with Crippen molar-refractivity contribution in [1.29, 1.82) is 0 Å². The summed E-state index contributed by atoms with van der Waals surface area (Å²) >= 11 is 2.78. The van der Waals surface area contributed by atoms with E-state index in [-0.39, 0.29) is 11.2 Å². The maximum Gasteiger partial charge on any atom is 0.239 e. The molecule has 2 aromatic carbocycles. The Bertz CT molecular complexity index is 1110. The summed E-state index contributed by atoms with van der Waals surface area (Å²) in [5.41, 5.74) is 4.20. The molecule has 0 fully saturated rings. The third-order valence-corrected chi connectivity index (χ3v) is 6.25. The van der Waals surface area contributed by atoms with Crippen molar-refractivity contribution < 1.29 is 4.79 Å². The summed E-state index contributed by atoms with van der Waals surface area (Å²) in [5, 5.41) is 13.7. The first kappa shape index (κ1) is 19.4. The molecule has 0 saturated carbocycles. The number of nitrogens with one attached hydrogen (secondary N) is 1. The quantitative estimate of drug-likeness (QED) is 0.456. The predicted molar refractivity (Wildman–Crippen MR) is 118 cm³/mol. The van der Waals surface area contributed by atoms with Crippen LogP contribution in [0.15, 0.2) is 71.5 Å². The summed E-state index contributed by atoms with van der Waals surface area (Å²) in [4.78, 5) is 17.0. The number of benzene rings is 2. The lowest BCUT2D eigenvalue weighted by atomic mass is 10.0. The number of anilines is 1. The molecule has 0 aliphatic carbocycles. The number of rotatable bonds is 6. The molecule has 0 saturated heterocycles. The molecule has 6 nitrogen and oxygen atoms in total. The Morgan fingerprint density at radius 3 is 2.45 bits per heavy atom. The largest absolute Gasteiger partial charge is 0.312 e. The number of amides is 1. The molecule has 2 heterocycles. The van der Waals surface area contributed by atoms with Gasteiger partial charge in [-0.15, -0.1) is 21.5 Å². The Morgan fingerprint density at radius 2 is 1.76 bits per heavy atom. The summed E-state index contributed by atoms with van der Waals surface area (Å²) in [5.74, 6) is -0.113. The molecular weight excluding hydrogens is 402 g/mol. The van der Waals surface area contributed by atoms with Crippen LogP contribution >= 0.6 is 23.1 Å².